The number of urea groups is 1. The normalized spacial score (nSPS) is 19.9. The molecule has 1 heterocycles. The summed E-state index contributed by atoms with van der Waals surface area (Å²) in [6.45, 7) is 5.99. The van der Waals surface area contributed by atoms with Crippen LogP contribution >= 0.6 is 0 Å². The number of aliphatic carboxylic acids is 1. The molecule has 3 amide bonds. The monoisotopic (exact) mass is 228 g/mol. The number of amides is 3. The Morgan fingerprint density at radius 1 is 1.44 bits per heavy atom. The third-order valence-electron chi connectivity index (χ3n) is 2.58. The minimum absolute atomic E-state index is 0.129. The first-order chi connectivity index (χ1) is 7.08. The number of nitrogens with zero attached hydrogens (tertiary/aromatic N) is 1. The van der Waals surface area contributed by atoms with Gasteiger partial charge in [-0.05, 0) is 27.7 Å². The molecular weight excluding hydrogens is 212 g/mol. The molecule has 0 unspecified atom stereocenters. The van der Waals surface area contributed by atoms with E-state index >= 15 is 0 Å². The summed E-state index contributed by atoms with van der Waals surface area (Å²) in [4.78, 5) is 35.2. The van der Waals surface area contributed by atoms with E-state index in [1.165, 1.54) is 13.8 Å². The molecular formula is C10H16N2O4. The van der Waals surface area contributed by atoms with Crippen molar-refractivity contribution in [3.05, 3.63) is 0 Å². The molecule has 0 saturated carbocycles. The maximum absolute atomic E-state index is 11.8. The molecule has 1 fully saturated rings. The highest BCUT2D eigenvalue weighted by Gasteiger charge is 2.47. The Morgan fingerprint density at radius 2 is 1.94 bits per heavy atom. The van der Waals surface area contributed by atoms with Gasteiger partial charge < -0.3 is 10.4 Å². The molecule has 6 heteroatoms. The average Bonchev–Trinajstić information content (AvgIpc) is 2.27. The SMILES string of the molecule is CC(C)(CN1C(=O)NC(C)(C)C1=O)C(=O)O. The van der Waals surface area contributed by atoms with E-state index < -0.39 is 28.9 Å². The Labute approximate surface area is 93.6 Å². The summed E-state index contributed by atoms with van der Waals surface area (Å²) < 4.78 is 0. The summed E-state index contributed by atoms with van der Waals surface area (Å²) in [7, 11) is 0. The summed E-state index contributed by atoms with van der Waals surface area (Å²) >= 11 is 0. The zero-order chi connectivity index (χ0) is 12.7. The Bertz CT molecular complexity index is 360. The molecule has 1 aliphatic rings. The zero-order valence-electron chi connectivity index (χ0n) is 9.83. The van der Waals surface area contributed by atoms with Crippen LogP contribution in [0.5, 0.6) is 0 Å². The van der Waals surface area contributed by atoms with Gasteiger partial charge in [-0.3, -0.25) is 14.5 Å². The van der Waals surface area contributed by atoms with Crippen LogP contribution < -0.4 is 5.32 Å². The standard InChI is InChI=1S/C10H16N2O4/c1-9(2,7(14)15)5-12-6(13)10(3,4)11-8(12)16/h5H2,1-4H3,(H,11,16)(H,14,15). The van der Waals surface area contributed by atoms with Gasteiger partial charge in [0.1, 0.15) is 5.54 Å². The molecule has 1 rings (SSSR count). The first-order valence-electron chi connectivity index (χ1n) is 4.95. The van der Waals surface area contributed by atoms with E-state index in [0.29, 0.717) is 0 Å². The molecule has 0 aliphatic carbocycles. The predicted molar refractivity (Wildman–Crippen MR) is 55.7 cm³/mol. The predicted octanol–water partition coefficient (Wildman–Crippen LogP) is 0.428. The molecule has 0 aromatic carbocycles. The van der Waals surface area contributed by atoms with E-state index in [-0.39, 0.29) is 6.54 Å². The Hall–Kier alpha value is -1.59. The van der Waals surface area contributed by atoms with E-state index in [9.17, 15) is 14.4 Å². The third-order valence-corrected chi connectivity index (χ3v) is 2.58. The fraction of sp³-hybridized carbons (Fsp3) is 0.700. The van der Waals surface area contributed by atoms with Gasteiger partial charge in [0.2, 0.25) is 0 Å². The Kier molecular flexibility index (Phi) is 2.70. The second-order valence-corrected chi connectivity index (χ2v) is 5.14. The van der Waals surface area contributed by atoms with Crippen LogP contribution in [-0.2, 0) is 9.59 Å². The summed E-state index contributed by atoms with van der Waals surface area (Å²) in [5, 5.41) is 11.4. The second kappa shape index (κ2) is 3.47. The van der Waals surface area contributed by atoms with Gasteiger partial charge in [0.25, 0.3) is 5.91 Å². The summed E-state index contributed by atoms with van der Waals surface area (Å²) in [6, 6.07) is -0.538. The number of imide groups is 1. The van der Waals surface area contributed by atoms with Crippen molar-refractivity contribution in [3.63, 3.8) is 0 Å². The van der Waals surface area contributed by atoms with Crippen molar-refractivity contribution in [2.45, 2.75) is 33.2 Å². The molecule has 16 heavy (non-hydrogen) atoms. The number of carboxylic acids is 1. The van der Waals surface area contributed by atoms with Crippen LogP contribution in [0.3, 0.4) is 0 Å². The highest BCUT2D eigenvalue weighted by molar-refractivity contribution is 6.06. The largest absolute Gasteiger partial charge is 0.481 e. The number of hydrogen-bond acceptors (Lipinski definition) is 3. The summed E-state index contributed by atoms with van der Waals surface area (Å²) in [5.74, 6) is -1.44. The van der Waals surface area contributed by atoms with Gasteiger partial charge in [0.15, 0.2) is 0 Å². The quantitative estimate of drug-likeness (QED) is 0.686. The number of carboxylic acid groups (broad SMARTS) is 1. The Morgan fingerprint density at radius 3 is 2.25 bits per heavy atom. The van der Waals surface area contributed by atoms with Crippen LogP contribution in [0.1, 0.15) is 27.7 Å². The van der Waals surface area contributed by atoms with Crippen LogP contribution in [0.4, 0.5) is 4.79 Å². The molecule has 2 N–H and O–H groups in total. The molecule has 1 aliphatic heterocycles. The molecule has 0 aromatic heterocycles. The summed E-state index contributed by atoms with van der Waals surface area (Å²) in [6.07, 6.45) is 0. The van der Waals surface area contributed by atoms with Gasteiger partial charge in [0.05, 0.1) is 5.41 Å². The number of nitrogens with one attached hydrogen (secondary N) is 1. The highest BCUT2D eigenvalue weighted by atomic mass is 16.4. The van der Waals surface area contributed by atoms with Gasteiger partial charge in [-0.2, -0.15) is 0 Å². The Balaban J connectivity index is 2.88. The van der Waals surface area contributed by atoms with Gasteiger partial charge in [-0.1, -0.05) is 0 Å². The first-order valence-corrected chi connectivity index (χ1v) is 4.95. The molecule has 0 aromatic rings. The van der Waals surface area contributed by atoms with Crippen LogP contribution in [0, 0.1) is 5.41 Å². The van der Waals surface area contributed by atoms with Gasteiger partial charge in [0, 0.05) is 6.54 Å². The van der Waals surface area contributed by atoms with Crippen molar-refractivity contribution in [2.75, 3.05) is 6.54 Å². The van der Waals surface area contributed by atoms with Crippen LogP contribution in [-0.4, -0.2) is 40.0 Å². The molecule has 90 valence electrons. The molecule has 0 radical (unpaired) electrons. The minimum Gasteiger partial charge on any atom is -0.481 e. The maximum Gasteiger partial charge on any atom is 0.325 e. The van der Waals surface area contributed by atoms with E-state index in [2.05, 4.69) is 5.32 Å². The number of rotatable bonds is 3. The zero-order valence-corrected chi connectivity index (χ0v) is 9.83. The fourth-order valence-corrected chi connectivity index (χ4v) is 1.42. The van der Waals surface area contributed by atoms with Crippen molar-refractivity contribution >= 4 is 17.9 Å². The molecule has 0 spiro atoms. The summed E-state index contributed by atoms with van der Waals surface area (Å²) in [5.41, 5.74) is -2.10. The number of carbonyl (C=O) groups excluding carboxylic acids is 2. The topological polar surface area (TPSA) is 86.7 Å². The fourth-order valence-electron chi connectivity index (χ4n) is 1.42. The number of hydrogen-bond donors (Lipinski definition) is 2. The minimum atomic E-state index is -1.15. The van der Waals surface area contributed by atoms with Gasteiger partial charge in [-0.25, -0.2) is 4.79 Å². The van der Waals surface area contributed by atoms with Gasteiger partial charge in [-0.15, -0.1) is 0 Å². The van der Waals surface area contributed by atoms with Crippen LogP contribution in [0.15, 0.2) is 0 Å². The van der Waals surface area contributed by atoms with E-state index in [1.54, 1.807) is 13.8 Å². The lowest BCUT2D eigenvalue weighted by molar-refractivity contribution is -0.148. The second-order valence-electron chi connectivity index (χ2n) is 5.14. The van der Waals surface area contributed by atoms with Crippen molar-refractivity contribution in [2.24, 2.45) is 5.41 Å². The van der Waals surface area contributed by atoms with Crippen molar-refractivity contribution in [1.82, 2.24) is 10.2 Å². The van der Waals surface area contributed by atoms with E-state index in [1.807, 2.05) is 0 Å². The lowest BCUT2D eigenvalue weighted by Gasteiger charge is -2.24. The smallest absolute Gasteiger partial charge is 0.325 e. The molecule has 6 nitrogen and oxygen atoms in total. The molecule has 1 saturated heterocycles. The highest BCUT2D eigenvalue weighted by Crippen LogP contribution is 2.23. The van der Waals surface area contributed by atoms with E-state index in [0.717, 1.165) is 4.90 Å². The van der Waals surface area contributed by atoms with E-state index in [4.69, 9.17) is 5.11 Å². The maximum atomic E-state index is 11.8. The lowest BCUT2D eigenvalue weighted by Crippen LogP contribution is -2.44. The van der Waals surface area contributed by atoms with Crippen molar-refractivity contribution in [1.29, 1.82) is 0 Å². The molecule has 0 atom stereocenters. The average molecular weight is 228 g/mol. The lowest BCUT2D eigenvalue weighted by atomic mass is 9.93. The van der Waals surface area contributed by atoms with Crippen molar-refractivity contribution < 1.29 is 19.5 Å². The first kappa shape index (κ1) is 12.5. The van der Waals surface area contributed by atoms with Crippen molar-refractivity contribution in [3.8, 4) is 0 Å². The van der Waals surface area contributed by atoms with Crippen LogP contribution in [0.25, 0.3) is 0 Å². The van der Waals surface area contributed by atoms with Crippen LogP contribution in [0.2, 0.25) is 0 Å². The molecule has 0 bridgehead atoms. The number of carbonyl (C=O) groups is 3. The van der Waals surface area contributed by atoms with Gasteiger partial charge >= 0.3 is 12.0 Å². The third kappa shape index (κ3) is 2.00.